The summed E-state index contributed by atoms with van der Waals surface area (Å²) in [4.78, 5) is 13.9. The van der Waals surface area contributed by atoms with Gasteiger partial charge in [0.05, 0.1) is 13.2 Å². The van der Waals surface area contributed by atoms with E-state index in [2.05, 4.69) is 42.6 Å². The Kier molecular flexibility index (Phi) is 5.53. The fourth-order valence-corrected chi connectivity index (χ4v) is 4.19. The second kappa shape index (κ2) is 8.23. The Hall–Kier alpha value is -2.53. The molecule has 0 bridgehead atoms. The van der Waals surface area contributed by atoms with Crippen LogP contribution in [0.1, 0.15) is 36.1 Å². The number of rotatable bonds is 6. The van der Waals surface area contributed by atoms with Crippen molar-refractivity contribution in [2.75, 3.05) is 19.7 Å². The standard InChI is InChI=1S/C23H28N2O3/c1-3-27-21-11-19-10-16(2)28-22(19)12-20(21)13-24-23(26)15-25-9-8-17-6-4-5-7-18(17)14-25/h4-7,11-12,16H,3,8-10,13-15H2,1-2H3,(H,24,26)/p+1/t16-/m0/s1. The maximum Gasteiger partial charge on any atom is 0.275 e. The summed E-state index contributed by atoms with van der Waals surface area (Å²) >= 11 is 0. The first kappa shape index (κ1) is 18.8. The van der Waals surface area contributed by atoms with Gasteiger partial charge in [0.15, 0.2) is 6.54 Å². The third-order valence-electron chi connectivity index (χ3n) is 5.57. The summed E-state index contributed by atoms with van der Waals surface area (Å²) in [5.41, 5.74) is 4.94. The highest BCUT2D eigenvalue weighted by Gasteiger charge is 2.23. The minimum atomic E-state index is 0.0756. The lowest BCUT2D eigenvalue weighted by Gasteiger charge is -2.25. The number of quaternary nitrogens is 1. The fraction of sp³-hybridized carbons (Fsp3) is 0.435. The Labute approximate surface area is 166 Å². The van der Waals surface area contributed by atoms with Crippen molar-refractivity contribution in [1.29, 1.82) is 0 Å². The highest BCUT2D eigenvalue weighted by molar-refractivity contribution is 5.77. The minimum absolute atomic E-state index is 0.0756. The minimum Gasteiger partial charge on any atom is -0.494 e. The van der Waals surface area contributed by atoms with Crippen LogP contribution in [0.2, 0.25) is 0 Å². The highest BCUT2D eigenvalue weighted by atomic mass is 16.5. The van der Waals surface area contributed by atoms with Crippen LogP contribution in [0.25, 0.3) is 0 Å². The molecular weight excluding hydrogens is 352 g/mol. The second-order valence-corrected chi connectivity index (χ2v) is 7.78. The summed E-state index contributed by atoms with van der Waals surface area (Å²) in [6.45, 7) is 7.53. The van der Waals surface area contributed by atoms with Crippen molar-refractivity contribution in [2.24, 2.45) is 0 Å². The molecule has 28 heavy (non-hydrogen) atoms. The van der Waals surface area contributed by atoms with Crippen LogP contribution in [0, 0.1) is 0 Å². The molecule has 2 aliphatic rings. The lowest BCUT2D eigenvalue weighted by molar-refractivity contribution is -0.908. The van der Waals surface area contributed by atoms with Gasteiger partial charge in [0, 0.05) is 36.1 Å². The van der Waals surface area contributed by atoms with Crippen LogP contribution in [-0.2, 0) is 30.7 Å². The van der Waals surface area contributed by atoms with Gasteiger partial charge in [-0.15, -0.1) is 0 Å². The van der Waals surface area contributed by atoms with Gasteiger partial charge in [-0.1, -0.05) is 24.3 Å². The van der Waals surface area contributed by atoms with Crippen molar-refractivity contribution < 1.29 is 19.2 Å². The number of benzene rings is 2. The molecule has 0 saturated heterocycles. The number of carbonyl (C=O) groups is 1. The van der Waals surface area contributed by atoms with Gasteiger partial charge in [-0.2, -0.15) is 0 Å². The molecular formula is C23H29N2O3+. The van der Waals surface area contributed by atoms with E-state index in [1.165, 1.54) is 21.6 Å². The number of amides is 1. The van der Waals surface area contributed by atoms with Crippen LogP contribution in [0.15, 0.2) is 36.4 Å². The van der Waals surface area contributed by atoms with Gasteiger partial charge in [0.1, 0.15) is 24.1 Å². The Bertz CT molecular complexity index is 865. The molecule has 0 spiro atoms. The highest BCUT2D eigenvalue weighted by Crippen LogP contribution is 2.35. The zero-order chi connectivity index (χ0) is 19.5. The van der Waals surface area contributed by atoms with Crippen molar-refractivity contribution in [3.05, 3.63) is 58.7 Å². The fourth-order valence-electron chi connectivity index (χ4n) is 4.19. The zero-order valence-electron chi connectivity index (χ0n) is 16.7. The van der Waals surface area contributed by atoms with E-state index >= 15 is 0 Å². The summed E-state index contributed by atoms with van der Waals surface area (Å²) in [7, 11) is 0. The van der Waals surface area contributed by atoms with Crippen molar-refractivity contribution in [3.8, 4) is 11.5 Å². The normalized spacial score (nSPS) is 20.1. The molecule has 5 nitrogen and oxygen atoms in total. The molecule has 4 rings (SSSR count). The SMILES string of the molecule is CCOc1cc2c(cc1CNC(=O)C[NH+]1CCc3ccccc3C1)O[C@@H](C)C2. The number of carbonyl (C=O) groups excluding carboxylic acids is 1. The van der Waals surface area contributed by atoms with Crippen LogP contribution in [0.3, 0.4) is 0 Å². The first-order valence-corrected chi connectivity index (χ1v) is 10.2. The Morgan fingerprint density at radius 3 is 2.89 bits per heavy atom. The lowest BCUT2D eigenvalue weighted by atomic mass is 10.00. The molecule has 0 aromatic heterocycles. The summed E-state index contributed by atoms with van der Waals surface area (Å²) < 4.78 is 11.7. The molecule has 148 valence electrons. The number of hydrogen-bond donors (Lipinski definition) is 2. The van der Waals surface area contributed by atoms with Crippen LogP contribution in [0.4, 0.5) is 0 Å². The smallest absolute Gasteiger partial charge is 0.275 e. The Morgan fingerprint density at radius 1 is 1.25 bits per heavy atom. The number of hydrogen-bond acceptors (Lipinski definition) is 3. The molecule has 0 saturated carbocycles. The molecule has 2 aliphatic heterocycles. The zero-order valence-corrected chi connectivity index (χ0v) is 16.7. The van der Waals surface area contributed by atoms with E-state index < -0.39 is 0 Å². The van der Waals surface area contributed by atoms with Gasteiger partial charge >= 0.3 is 0 Å². The first-order valence-electron chi connectivity index (χ1n) is 10.2. The second-order valence-electron chi connectivity index (χ2n) is 7.78. The predicted octanol–water partition coefficient (Wildman–Crippen LogP) is 1.67. The van der Waals surface area contributed by atoms with Crippen LogP contribution in [0.5, 0.6) is 11.5 Å². The molecule has 1 amide bonds. The molecule has 0 aliphatic carbocycles. The predicted molar refractivity (Wildman–Crippen MR) is 108 cm³/mol. The average molecular weight is 381 g/mol. The lowest BCUT2D eigenvalue weighted by Crippen LogP contribution is -3.12. The Morgan fingerprint density at radius 2 is 2.07 bits per heavy atom. The van der Waals surface area contributed by atoms with E-state index in [4.69, 9.17) is 9.47 Å². The first-order chi connectivity index (χ1) is 13.6. The van der Waals surface area contributed by atoms with E-state index in [0.29, 0.717) is 19.7 Å². The topological polar surface area (TPSA) is 52.0 Å². The van der Waals surface area contributed by atoms with Crippen molar-refractivity contribution >= 4 is 5.91 Å². The maximum absolute atomic E-state index is 12.5. The molecule has 5 heteroatoms. The van der Waals surface area contributed by atoms with Gasteiger partial charge in [-0.05, 0) is 31.5 Å². The molecule has 2 atom stereocenters. The molecule has 1 unspecified atom stereocenters. The quantitative estimate of drug-likeness (QED) is 0.800. The largest absolute Gasteiger partial charge is 0.494 e. The maximum atomic E-state index is 12.5. The molecule has 2 aromatic rings. The van der Waals surface area contributed by atoms with Crippen molar-refractivity contribution in [2.45, 2.75) is 45.9 Å². The van der Waals surface area contributed by atoms with Gasteiger partial charge < -0.3 is 19.7 Å². The van der Waals surface area contributed by atoms with Gasteiger partial charge in [0.25, 0.3) is 5.91 Å². The molecule has 2 aromatic carbocycles. The van der Waals surface area contributed by atoms with E-state index in [1.807, 2.05) is 13.0 Å². The van der Waals surface area contributed by atoms with Crippen LogP contribution >= 0.6 is 0 Å². The van der Waals surface area contributed by atoms with Gasteiger partial charge in [-0.3, -0.25) is 4.79 Å². The Balaban J connectivity index is 1.37. The van der Waals surface area contributed by atoms with E-state index in [9.17, 15) is 4.79 Å². The van der Waals surface area contributed by atoms with E-state index in [-0.39, 0.29) is 12.0 Å². The molecule has 2 N–H and O–H groups in total. The third kappa shape index (κ3) is 4.14. The van der Waals surface area contributed by atoms with E-state index in [1.54, 1.807) is 0 Å². The average Bonchev–Trinajstić information content (AvgIpc) is 3.05. The number of nitrogens with one attached hydrogen (secondary N) is 2. The summed E-state index contributed by atoms with van der Waals surface area (Å²) in [5, 5.41) is 3.08. The van der Waals surface area contributed by atoms with Crippen LogP contribution < -0.4 is 19.7 Å². The number of ether oxygens (including phenoxy) is 2. The van der Waals surface area contributed by atoms with Gasteiger partial charge in [-0.25, -0.2) is 0 Å². The summed E-state index contributed by atoms with van der Waals surface area (Å²) in [5.74, 6) is 1.84. The third-order valence-corrected chi connectivity index (χ3v) is 5.57. The summed E-state index contributed by atoms with van der Waals surface area (Å²) in [6.07, 6.45) is 2.13. The molecule has 0 fully saturated rings. The molecule has 2 heterocycles. The van der Waals surface area contributed by atoms with Crippen molar-refractivity contribution in [3.63, 3.8) is 0 Å². The molecule has 0 radical (unpaired) electrons. The van der Waals surface area contributed by atoms with Crippen LogP contribution in [-0.4, -0.2) is 31.7 Å². The summed E-state index contributed by atoms with van der Waals surface area (Å²) in [6, 6.07) is 12.6. The number of fused-ring (bicyclic) bond motifs is 2. The monoisotopic (exact) mass is 381 g/mol. The van der Waals surface area contributed by atoms with E-state index in [0.717, 1.165) is 43.0 Å². The van der Waals surface area contributed by atoms with Gasteiger partial charge in [0.2, 0.25) is 0 Å². The van der Waals surface area contributed by atoms with Crippen molar-refractivity contribution in [1.82, 2.24) is 5.32 Å².